The summed E-state index contributed by atoms with van der Waals surface area (Å²) in [4.78, 5) is 22.6. The zero-order valence-corrected chi connectivity index (χ0v) is 14.0. The molecule has 24 heavy (non-hydrogen) atoms. The minimum absolute atomic E-state index is 0.0397. The zero-order chi connectivity index (χ0) is 17.7. The average molecular weight is 331 g/mol. The van der Waals surface area contributed by atoms with E-state index in [-0.39, 0.29) is 17.3 Å². The maximum absolute atomic E-state index is 12.2. The SMILES string of the molecule is Cc1c(C(=O)NCCCC(C)C)nnn1-c1cccc([N+](=O)[O-])c1. The molecule has 0 unspecified atom stereocenters. The van der Waals surface area contributed by atoms with Gasteiger partial charge in [0.05, 0.1) is 16.3 Å². The lowest BCUT2D eigenvalue weighted by molar-refractivity contribution is -0.384. The number of hydrogen-bond donors (Lipinski definition) is 1. The third kappa shape index (κ3) is 4.15. The number of nitrogens with one attached hydrogen (secondary N) is 1. The molecule has 0 aliphatic rings. The number of carbonyl (C=O) groups is 1. The molecule has 0 bridgehead atoms. The van der Waals surface area contributed by atoms with Crippen LogP contribution >= 0.6 is 0 Å². The first-order valence-corrected chi connectivity index (χ1v) is 7.85. The van der Waals surface area contributed by atoms with Crippen LogP contribution in [0.2, 0.25) is 0 Å². The van der Waals surface area contributed by atoms with Crippen molar-refractivity contribution in [1.82, 2.24) is 20.3 Å². The molecule has 1 heterocycles. The van der Waals surface area contributed by atoms with Crippen LogP contribution in [0.25, 0.3) is 5.69 Å². The van der Waals surface area contributed by atoms with Crippen molar-refractivity contribution < 1.29 is 9.72 Å². The van der Waals surface area contributed by atoms with Gasteiger partial charge in [0.15, 0.2) is 5.69 Å². The van der Waals surface area contributed by atoms with Crippen molar-refractivity contribution in [1.29, 1.82) is 0 Å². The lowest BCUT2D eigenvalue weighted by Crippen LogP contribution is -2.25. The van der Waals surface area contributed by atoms with Crippen molar-refractivity contribution in [3.8, 4) is 5.69 Å². The highest BCUT2D eigenvalue weighted by atomic mass is 16.6. The highest BCUT2D eigenvalue weighted by Crippen LogP contribution is 2.18. The molecule has 8 nitrogen and oxygen atoms in total. The lowest BCUT2D eigenvalue weighted by atomic mass is 10.1. The first-order chi connectivity index (χ1) is 11.4. The van der Waals surface area contributed by atoms with Gasteiger partial charge in [-0.25, -0.2) is 4.68 Å². The molecule has 0 fully saturated rings. The van der Waals surface area contributed by atoms with Gasteiger partial charge in [0.2, 0.25) is 0 Å². The summed E-state index contributed by atoms with van der Waals surface area (Å²) in [6, 6.07) is 6.04. The number of carbonyl (C=O) groups excluding carboxylic acids is 1. The molecule has 0 saturated carbocycles. The fourth-order valence-corrected chi connectivity index (χ4v) is 2.32. The van der Waals surface area contributed by atoms with Gasteiger partial charge in [-0.3, -0.25) is 14.9 Å². The first-order valence-electron chi connectivity index (χ1n) is 7.85. The van der Waals surface area contributed by atoms with Crippen molar-refractivity contribution in [2.75, 3.05) is 6.54 Å². The number of nitro groups is 1. The Kier molecular flexibility index (Phi) is 5.62. The number of nitrogens with zero attached hydrogens (tertiary/aromatic N) is 4. The van der Waals surface area contributed by atoms with E-state index in [4.69, 9.17) is 0 Å². The largest absolute Gasteiger partial charge is 0.351 e. The zero-order valence-electron chi connectivity index (χ0n) is 14.0. The smallest absolute Gasteiger partial charge is 0.273 e. The number of aromatic nitrogens is 3. The van der Waals surface area contributed by atoms with Crippen molar-refractivity contribution in [3.63, 3.8) is 0 Å². The second-order valence-electron chi connectivity index (χ2n) is 6.00. The Morgan fingerprint density at radius 3 is 2.83 bits per heavy atom. The minimum Gasteiger partial charge on any atom is -0.351 e. The number of rotatable bonds is 7. The molecule has 2 rings (SSSR count). The van der Waals surface area contributed by atoms with Crippen LogP contribution in [-0.2, 0) is 0 Å². The number of benzene rings is 1. The first kappa shape index (κ1) is 17.6. The molecule has 1 amide bonds. The Bertz CT molecular complexity index is 739. The molecular weight excluding hydrogens is 310 g/mol. The molecule has 1 N–H and O–H groups in total. The van der Waals surface area contributed by atoms with E-state index in [1.807, 2.05) is 0 Å². The van der Waals surface area contributed by atoms with Crippen LogP contribution in [0.3, 0.4) is 0 Å². The van der Waals surface area contributed by atoms with E-state index in [0.717, 1.165) is 12.8 Å². The number of hydrogen-bond acceptors (Lipinski definition) is 5. The summed E-state index contributed by atoms with van der Waals surface area (Å²) in [5, 5.41) is 21.6. The van der Waals surface area contributed by atoms with E-state index in [1.54, 1.807) is 19.1 Å². The highest BCUT2D eigenvalue weighted by molar-refractivity contribution is 5.93. The third-order valence-electron chi connectivity index (χ3n) is 3.64. The monoisotopic (exact) mass is 331 g/mol. The molecule has 0 saturated heterocycles. The molecule has 0 aliphatic heterocycles. The Balaban J connectivity index is 2.12. The highest BCUT2D eigenvalue weighted by Gasteiger charge is 2.18. The molecule has 1 aromatic carbocycles. The van der Waals surface area contributed by atoms with E-state index in [2.05, 4.69) is 29.5 Å². The van der Waals surface area contributed by atoms with Gasteiger partial charge in [-0.2, -0.15) is 0 Å². The van der Waals surface area contributed by atoms with Gasteiger partial charge in [-0.05, 0) is 31.7 Å². The molecule has 0 atom stereocenters. The molecule has 1 aromatic heterocycles. The van der Waals surface area contributed by atoms with Gasteiger partial charge in [-0.1, -0.05) is 25.1 Å². The van der Waals surface area contributed by atoms with Crippen molar-refractivity contribution >= 4 is 11.6 Å². The molecular formula is C16H21N5O3. The Hall–Kier alpha value is -2.77. The quantitative estimate of drug-likeness (QED) is 0.477. The fourth-order valence-electron chi connectivity index (χ4n) is 2.32. The summed E-state index contributed by atoms with van der Waals surface area (Å²) < 4.78 is 1.43. The van der Waals surface area contributed by atoms with Gasteiger partial charge >= 0.3 is 0 Å². The summed E-state index contributed by atoms with van der Waals surface area (Å²) >= 11 is 0. The van der Waals surface area contributed by atoms with Gasteiger partial charge in [0.25, 0.3) is 11.6 Å². The Morgan fingerprint density at radius 2 is 2.17 bits per heavy atom. The second kappa shape index (κ2) is 7.67. The average Bonchev–Trinajstić information content (AvgIpc) is 2.93. The van der Waals surface area contributed by atoms with Crippen LogP contribution in [0, 0.1) is 23.0 Å². The maximum Gasteiger partial charge on any atom is 0.273 e. The van der Waals surface area contributed by atoms with Crippen LogP contribution < -0.4 is 5.32 Å². The van der Waals surface area contributed by atoms with Gasteiger partial charge < -0.3 is 5.32 Å². The van der Waals surface area contributed by atoms with Gasteiger partial charge in [0.1, 0.15) is 0 Å². The summed E-state index contributed by atoms with van der Waals surface area (Å²) in [5.74, 6) is 0.311. The summed E-state index contributed by atoms with van der Waals surface area (Å²) in [7, 11) is 0. The van der Waals surface area contributed by atoms with Crippen LogP contribution in [0.15, 0.2) is 24.3 Å². The Morgan fingerprint density at radius 1 is 1.42 bits per heavy atom. The maximum atomic E-state index is 12.2. The Labute approximate surface area is 140 Å². The van der Waals surface area contributed by atoms with Gasteiger partial charge in [-0.15, -0.1) is 5.10 Å². The van der Waals surface area contributed by atoms with Crippen LogP contribution in [-0.4, -0.2) is 32.4 Å². The van der Waals surface area contributed by atoms with Crippen LogP contribution in [0.4, 0.5) is 5.69 Å². The van der Waals surface area contributed by atoms with Crippen LogP contribution in [0.5, 0.6) is 0 Å². The van der Waals surface area contributed by atoms with Crippen LogP contribution in [0.1, 0.15) is 42.9 Å². The number of nitro benzene ring substituents is 1. The number of amides is 1. The van der Waals surface area contributed by atoms with E-state index in [1.165, 1.54) is 16.8 Å². The van der Waals surface area contributed by atoms with Crippen molar-refractivity contribution in [2.45, 2.75) is 33.6 Å². The van der Waals surface area contributed by atoms with Crippen molar-refractivity contribution in [3.05, 3.63) is 45.8 Å². The fraction of sp³-hybridized carbons (Fsp3) is 0.438. The van der Waals surface area contributed by atoms with E-state index in [9.17, 15) is 14.9 Å². The summed E-state index contributed by atoms with van der Waals surface area (Å²) in [6.45, 7) is 6.56. The number of non-ortho nitro benzene ring substituents is 1. The predicted octanol–water partition coefficient (Wildman–Crippen LogP) is 2.65. The minimum atomic E-state index is -0.474. The predicted molar refractivity (Wildman–Crippen MR) is 89.2 cm³/mol. The molecule has 8 heteroatoms. The topological polar surface area (TPSA) is 103 Å². The van der Waals surface area contributed by atoms with E-state index in [0.29, 0.717) is 23.8 Å². The lowest BCUT2D eigenvalue weighted by Gasteiger charge is -2.06. The molecule has 2 aromatic rings. The van der Waals surface area contributed by atoms with E-state index >= 15 is 0 Å². The second-order valence-corrected chi connectivity index (χ2v) is 6.00. The summed E-state index contributed by atoms with van der Waals surface area (Å²) in [6.07, 6.45) is 1.95. The molecule has 0 aliphatic carbocycles. The van der Waals surface area contributed by atoms with Crippen molar-refractivity contribution in [2.24, 2.45) is 5.92 Å². The summed E-state index contributed by atoms with van der Waals surface area (Å²) in [5.41, 5.74) is 1.22. The molecule has 0 radical (unpaired) electrons. The normalized spacial score (nSPS) is 10.8. The van der Waals surface area contributed by atoms with E-state index < -0.39 is 4.92 Å². The van der Waals surface area contributed by atoms with Gasteiger partial charge in [0, 0.05) is 18.7 Å². The molecule has 128 valence electrons. The third-order valence-corrected chi connectivity index (χ3v) is 3.64. The standard InChI is InChI=1S/C16H21N5O3/c1-11(2)6-5-9-17-16(22)15-12(3)20(19-18-15)13-7-4-8-14(10-13)21(23)24/h4,7-8,10-11H,5-6,9H2,1-3H3,(H,17,22). The molecule has 0 spiro atoms.